The molecule has 0 saturated carbocycles. The molecular weight excluding hydrogens is 376 g/mol. The van der Waals surface area contributed by atoms with E-state index in [2.05, 4.69) is 41.4 Å². The second kappa shape index (κ2) is 9.98. The van der Waals surface area contributed by atoms with Crippen LogP contribution in [-0.2, 0) is 11.2 Å². The van der Waals surface area contributed by atoms with Gasteiger partial charge in [-0.25, -0.2) is 0 Å². The van der Waals surface area contributed by atoms with Crippen LogP contribution in [0.15, 0.2) is 42.5 Å². The van der Waals surface area contributed by atoms with Crippen molar-refractivity contribution in [2.75, 3.05) is 32.8 Å². The number of carbonyl (C=O) groups excluding carboxylic acids is 1. The van der Waals surface area contributed by atoms with E-state index in [0.29, 0.717) is 32.6 Å². The van der Waals surface area contributed by atoms with Gasteiger partial charge in [0.2, 0.25) is 5.91 Å². The Morgan fingerprint density at radius 2 is 1.73 bits per heavy atom. The normalized spacial score (nSPS) is 17.4. The molecule has 5 heteroatoms. The van der Waals surface area contributed by atoms with Crippen LogP contribution in [0, 0.1) is 6.92 Å². The van der Waals surface area contributed by atoms with Crippen LogP contribution in [0.2, 0.25) is 0 Å². The van der Waals surface area contributed by atoms with Crippen molar-refractivity contribution >= 4 is 5.91 Å². The van der Waals surface area contributed by atoms with Crippen LogP contribution in [0.25, 0.3) is 0 Å². The zero-order valence-electron chi connectivity index (χ0n) is 17.9. The summed E-state index contributed by atoms with van der Waals surface area (Å²) < 4.78 is 11.4. The Kier molecular flexibility index (Phi) is 6.90. The first-order chi connectivity index (χ1) is 14.7. The molecule has 2 aliphatic rings. The van der Waals surface area contributed by atoms with Gasteiger partial charge in [0.1, 0.15) is 0 Å². The van der Waals surface area contributed by atoms with E-state index in [1.54, 1.807) is 0 Å². The van der Waals surface area contributed by atoms with Gasteiger partial charge >= 0.3 is 0 Å². The summed E-state index contributed by atoms with van der Waals surface area (Å²) in [6.07, 6.45) is 4.54. The molecule has 4 rings (SSSR count). The molecule has 0 radical (unpaired) electrons. The number of nitrogens with one attached hydrogen (secondary N) is 1. The summed E-state index contributed by atoms with van der Waals surface area (Å²) in [5.74, 6) is 1.68. The first kappa shape index (κ1) is 20.7. The summed E-state index contributed by atoms with van der Waals surface area (Å²) >= 11 is 0. The Morgan fingerprint density at radius 1 is 1.00 bits per heavy atom. The number of fused-ring (bicyclic) bond motifs is 1. The van der Waals surface area contributed by atoms with Gasteiger partial charge < -0.3 is 14.8 Å². The number of benzene rings is 2. The zero-order valence-corrected chi connectivity index (χ0v) is 17.9. The Labute approximate surface area is 179 Å². The standard InChI is InChI=1S/C25H32N2O3/c1-19-5-9-21(10-6-19)22(27-13-2-3-14-27)18-26-25(28)12-8-20-7-11-23-24(17-20)30-16-4-15-29-23/h5-7,9-11,17,22H,2-4,8,12-16,18H2,1H3,(H,26,28). The molecule has 5 nitrogen and oxygen atoms in total. The topological polar surface area (TPSA) is 50.8 Å². The first-order valence-electron chi connectivity index (χ1n) is 11.1. The van der Waals surface area contributed by atoms with Crippen LogP contribution in [0.4, 0.5) is 0 Å². The predicted molar refractivity (Wildman–Crippen MR) is 118 cm³/mol. The lowest BCUT2D eigenvalue weighted by atomic mass is 10.0. The molecule has 1 N–H and O–H groups in total. The van der Waals surface area contributed by atoms with Crippen molar-refractivity contribution in [3.63, 3.8) is 0 Å². The molecule has 2 aliphatic heterocycles. The van der Waals surface area contributed by atoms with Gasteiger partial charge in [0.05, 0.1) is 19.3 Å². The van der Waals surface area contributed by atoms with E-state index in [-0.39, 0.29) is 11.9 Å². The molecule has 1 fully saturated rings. The summed E-state index contributed by atoms with van der Waals surface area (Å²) in [5, 5.41) is 3.18. The van der Waals surface area contributed by atoms with Crippen LogP contribution in [0.5, 0.6) is 11.5 Å². The maximum atomic E-state index is 12.6. The molecule has 0 aromatic heterocycles. The lowest BCUT2D eigenvalue weighted by Crippen LogP contribution is -2.36. The highest BCUT2D eigenvalue weighted by Crippen LogP contribution is 2.31. The third kappa shape index (κ3) is 5.33. The maximum absolute atomic E-state index is 12.6. The molecule has 1 amide bonds. The van der Waals surface area contributed by atoms with Crippen molar-refractivity contribution in [2.24, 2.45) is 0 Å². The molecule has 0 spiro atoms. The van der Waals surface area contributed by atoms with E-state index in [0.717, 1.165) is 36.6 Å². The van der Waals surface area contributed by atoms with E-state index >= 15 is 0 Å². The summed E-state index contributed by atoms with van der Waals surface area (Å²) in [5.41, 5.74) is 3.65. The molecule has 1 atom stereocenters. The molecule has 30 heavy (non-hydrogen) atoms. The quantitative estimate of drug-likeness (QED) is 0.751. The summed E-state index contributed by atoms with van der Waals surface area (Å²) in [6.45, 7) is 6.33. The molecule has 1 unspecified atom stereocenters. The van der Waals surface area contributed by atoms with Gasteiger partial charge in [0, 0.05) is 19.4 Å². The number of hydrogen-bond acceptors (Lipinski definition) is 4. The first-order valence-corrected chi connectivity index (χ1v) is 11.1. The van der Waals surface area contributed by atoms with Crippen molar-refractivity contribution in [3.8, 4) is 11.5 Å². The van der Waals surface area contributed by atoms with E-state index < -0.39 is 0 Å². The lowest BCUT2D eigenvalue weighted by Gasteiger charge is -2.28. The van der Waals surface area contributed by atoms with E-state index in [4.69, 9.17) is 9.47 Å². The fraction of sp³-hybridized carbons (Fsp3) is 0.480. The molecular formula is C25H32N2O3. The molecule has 2 aromatic carbocycles. The Balaban J connectivity index is 1.32. The Bertz CT molecular complexity index is 844. The van der Waals surface area contributed by atoms with Gasteiger partial charge in [-0.1, -0.05) is 35.9 Å². The summed E-state index contributed by atoms with van der Waals surface area (Å²) in [4.78, 5) is 15.1. The Morgan fingerprint density at radius 3 is 2.50 bits per heavy atom. The van der Waals surface area contributed by atoms with Crippen LogP contribution in [0.3, 0.4) is 0 Å². The second-order valence-electron chi connectivity index (χ2n) is 8.31. The van der Waals surface area contributed by atoms with E-state index in [1.807, 2.05) is 18.2 Å². The fourth-order valence-electron chi connectivity index (χ4n) is 4.22. The fourth-order valence-corrected chi connectivity index (χ4v) is 4.22. The average Bonchev–Trinajstić information content (AvgIpc) is 3.18. The van der Waals surface area contributed by atoms with Crippen LogP contribution in [0.1, 0.15) is 48.4 Å². The smallest absolute Gasteiger partial charge is 0.220 e. The highest BCUT2D eigenvalue weighted by atomic mass is 16.5. The summed E-state index contributed by atoms with van der Waals surface area (Å²) in [7, 11) is 0. The molecule has 2 aromatic rings. The molecule has 0 aliphatic carbocycles. The summed E-state index contributed by atoms with van der Waals surface area (Å²) in [6, 6.07) is 14.9. The van der Waals surface area contributed by atoms with Crippen molar-refractivity contribution in [3.05, 3.63) is 59.2 Å². The minimum absolute atomic E-state index is 0.0958. The van der Waals surface area contributed by atoms with Gasteiger partial charge in [-0.3, -0.25) is 9.69 Å². The highest BCUT2D eigenvalue weighted by Gasteiger charge is 2.24. The van der Waals surface area contributed by atoms with Crippen molar-refractivity contribution in [1.29, 1.82) is 0 Å². The zero-order chi connectivity index (χ0) is 20.8. The van der Waals surface area contributed by atoms with Crippen molar-refractivity contribution in [1.82, 2.24) is 10.2 Å². The number of carbonyl (C=O) groups is 1. The number of aryl methyl sites for hydroxylation is 2. The van der Waals surface area contributed by atoms with Crippen LogP contribution >= 0.6 is 0 Å². The number of rotatable bonds is 7. The number of amides is 1. The second-order valence-corrected chi connectivity index (χ2v) is 8.31. The van der Waals surface area contributed by atoms with Crippen LogP contribution in [-0.4, -0.2) is 43.7 Å². The van der Waals surface area contributed by atoms with Crippen molar-refractivity contribution < 1.29 is 14.3 Å². The lowest BCUT2D eigenvalue weighted by molar-refractivity contribution is -0.121. The van der Waals surface area contributed by atoms with Gasteiger partial charge in [0.15, 0.2) is 11.5 Å². The van der Waals surface area contributed by atoms with Crippen LogP contribution < -0.4 is 14.8 Å². The van der Waals surface area contributed by atoms with Gasteiger partial charge in [-0.05, 0) is 62.5 Å². The number of likely N-dealkylation sites (tertiary alicyclic amines) is 1. The maximum Gasteiger partial charge on any atom is 0.220 e. The average molecular weight is 409 g/mol. The molecule has 1 saturated heterocycles. The van der Waals surface area contributed by atoms with Gasteiger partial charge in [0.25, 0.3) is 0 Å². The molecule has 160 valence electrons. The third-order valence-corrected chi connectivity index (χ3v) is 5.99. The molecule has 2 heterocycles. The minimum Gasteiger partial charge on any atom is -0.490 e. The largest absolute Gasteiger partial charge is 0.490 e. The predicted octanol–water partition coefficient (Wildman–Crippen LogP) is 4.04. The number of ether oxygens (including phenoxy) is 2. The highest BCUT2D eigenvalue weighted by molar-refractivity contribution is 5.76. The SMILES string of the molecule is Cc1ccc(C(CNC(=O)CCc2ccc3c(c2)OCCCO3)N2CCCC2)cc1. The van der Waals surface area contributed by atoms with E-state index in [1.165, 1.54) is 24.0 Å². The van der Waals surface area contributed by atoms with Gasteiger partial charge in [-0.15, -0.1) is 0 Å². The third-order valence-electron chi connectivity index (χ3n) is 5.99. The monoisotopic (exact) mass is 408 g/mol. The van der Waals surface area contributed by atoms with Gasteiger partial charge in [-0.2, -0.15) is 0 Å². The van der Waals surface area contributed by atoms with Crippen molar-refractivity contribution in [2.45, 2.75) is 45.1 Å². The van der Waals surface area contributed by atoms with E-state index in [9.17, 15) is 4.79 Å². The number of hydrogen-bond donors (Lipinski definition) is 1. The minimum atomic E-state index is 0.0958. The molecule has 0 bridgehead atoms. The Hall–Kier alpha value is -2.53. The number of nitrogens with zero attached hydrogens (tertiary/aromatic N) is 1.